The van der Waals surface area contributed by atoms with E-state index in [1.54, 1.807) is 18.4 Å². The van der Waals surface area contributed by atoms with Crippen molar-refractivity contribution in [3.63, 3.8) is 0 Å². The Morgan fingerprint density at radius 2 is 2.33 bits per heavy atom. The van der Waals surface area contributed by atoms with Crippen molar-refractivity contribution in [1.29, 1.82) is 0 Å². The number of hydrogen-bond acceptors (Lipinski definition) is 4. The number of amides is 1. The Hall–Kier alpha value is -1.88. The molecule has 1 atom stereocenters. The molecule has 0 saturated heterocycles. The Morgan fingerprint density at radius 3 is 3.05 bits per heavy atom. The minimum Gasteiger partial charge on any atom is -0.362 e. The van der Waals surface area contributed by atoms with Crippen LogP contribution in [0.15, 0.2) is 29.0 Å². The van der Waals surface area contributed by atoms with Crippen LogP contribution in [0.5, 0.6) is 0 Å². The van der Waals surface area contributed by atoms with Gasteiger partial charge in [0.05, 0.1) is 23.8 Å². The quantitative estimate of drug-likeness (QED) is 0.944. The van der Waals surface area contributed by atoms with E-state index in [9.17, 15) is 4.79 Å². The fourth-order valence-corrected chi connectivity index (χ4v) is 3.58. The van der Waals surface area contributed by atoms with E-state index in [0.717, 1.165) is 24.4 Å². The van der Waals surface area contributed by atoms with Gasteiger partial charge >= 0.3 is 0 Å². The van der Waals surface area contributed by atoms with Crippen LogP contribution in [0.25, 0.3) is 0 Å². The summed E-state index contributed by atoms with van der Waals surface area (Å²) < 4.78 is 0. The average Bonchev–Trinajstić information content (AvgIpc) is 3.13. The van der Waals surface area contributed by atoms with Gasteiger partial charge in [0.25, 0.3) is 0 Å². The summed E-state index contributed by atoms with van der Waals surface area (Å²) in [5, 5.41) is 6.93. The van der Waals surface area contributed by atoms with Crippen LogP contribution < -0.4 is 10.2 Å². The van der Waals surface area contributed by atoms with E-state index in [1.807, 2.05) is 13.0 Å². The van der Waals surface area contributed by atoms with E-state index in [1.165, 1.54) is 11.3 Å². The zero-order chi connectivity index (χ0) is 14.8. The Bertz CT molecular complexity index is 639. The molecule has 0 aromatic carbocycles. The highest BCUT2D eigenvalue weighted by molar-refractivity contribution is 7.08. The van der Waals surface area contributed by atoms with Crippen molar-refractivity contribution in [1.82, 2.24) is 10.3 Å². The zero-order valence-corrected chi connectivity index (χ0v) is 13.1. The number of hydrogen-bond donors (Lipinski definition) is 1. The number of fused-ring (bicyclic) bond motifs is 1. The summed E-state index contributed by atoms with van der Waals surface area (Å²) in [6.45, 7) is 2.94. The highest BCUT2D eigenvalue weighted by Gasteiger charge is 2.29. The van der Waals surface area contributed by atoms with Gasteiger partial charge in [0.1, 0.15) is 0 Å². The SMILES string of the molecule is CNC(=O)CC(c1ccsc1)N1CCc2nc(C)ccc21. The van der Waals surface area contributed by atoms with E-state index in [4.69, 9.17) is 0 Å². The van der Waals surface area contributed by atoms with Gasteiger partial charge in [0, 0.05) is 25.7 Å². The van der Waals surface area contributed by atoms with Crippen LogP contribution in [0.2, 0.25) is 0 Å². The number of aromatic nitrogens is 1. The molecule has 0 saturated carbocycles. The van der Waals surface area contributed by atoms with Crippen LogP contribution >= 0.6 is 11.3 Å². The number of carbonyl (C=O) groups is 1. The molecule has 1 unspecified atom stereocenters. The zero-order valence-electron chi connectivity index (χ0n) is 12.3. The van der Waals surface area contributed by atoms with Crippen LogP contribution in [-0.4, -0.2) is 24.5 Å². The standard InChI is InChI=1S/C16H19N3OS/c1-11-3-4-14-13(18-11)5-7-19(14)15(9-16(20)17-2)12-6-8-21-10-12/h3-4,6,8,10,15H,5,7,9H2,1-2H3,(H,17,20). The van der Waals surface area contributed by atoms with Crippen molar-refractivity contribution in [2.75, 3.05) is 18.5 Å². The first-order valence-electron chi connectivity index (χ1n) is 7.15. The van der Waals surface area contributed by atoms with Crippen molar-refractivity contribution in [2.24, 2.45) is 0 Å². The minimum atomic E-state index is 0.0692. The lowest BCUT2D eigenvalue weighted by Crippen LogP contribution is -2.31. The Labute approximate surface area is 128 Å². The second-order valence-corrected chi connectivity index (χ2v) is 6.09. The molecular weight excluding hydrogens is 282 g/mol. The molecule has 1 aliphatic heterocycles. The smallest absolute Gasteiger partial charge is 0.222 e. The summed E-state index contributed by atoms with van der Waals surface area (Å²) >= 11 is 1.67. The van der Waals surface area contributed by atoms with Crippen molar-refractivity contribution in [3.8, 4) is 0 Å². The number of pyridine rings is 1. The number of aryl methyl sites for hydroxylation is 1. The third kappa shape index (κ3) is 2.78. The van der Waals surface area contributed by atoms with Crippen LogP contribution in [-0.2, 0) is 11.2 Å². The molecule has 2 aromatic heterocycles. The third-order valence-electron chi connectivity index (χ3n) is 3.95. The number of rotatable bonds is 4. The van der Waals surface area contributed by atoms with Crippen LogP contribution in [0.4, 0.5) is 5.69 Å². The van der Waals surface area contributed by atoms with Gasteiger partial charge in [0.2, 0.25) is 5.91 Å². The molecule has 2 aromatic rings. The Balaban J connectivity index is 1.93. The molecule has 0 spiro atoms. The molecule has 0 fully saturated rings. The molecule has 4 nitrogen and oxygen atoms in total. The van der Waals surface area contributed by atoms with Gasteiger partial charge in [-0.25, -0.2) is 0 Å². The van der Waals surface area contributed by atoms with E-state index in [0.29, 0.717) is 6.42 Å². The lowest BCUT2D eigenvalue weighted by Gasteiger charge is -2.29. The molecule has 1 aliphatic rings. The fourth-order valence-electron chi connectivity index (χ4n) is 2.87. The lowest BCUT2D eigenvalue weighted by atomic mass is 10.0. The largest absolute Gasteiger partial charge is 0.362 e. The molecule has 3 heterocycles. The first kappa shape index (κ1) is 14.1. The maximum Gasteiger partial charge on any atom is 0.222 e. The van der Waals surface area contributed by atoms with Crippen molar-refractivity contribution in [3.05, 3.63) is 45.9 Å². The van der Waals surface area contributed by atoms with E-state index >= 15 is 0 Å². The summed E-state index contributed by atoms with van der Waals surface area (Å²) in [6.07, 6.45) is 1.42. The summed E-state index contributed by atoms with van der Waals surface area (Å²) in [5.41, 5.74) is 4.57. The maximum absolute atomic E-state index is 11.9. The summed E-state index contributed by atoms with van der Waals surface area (Å²) in [7, 11) is 1.69. The molecule has 3 rings (SSSR count). The molecule has 1 N–H and O–H groups in total. The topological polar surface area (TPSA) is 45.2 Å². The second kappa shape index (κ2) is 5.85. The molecule has 0 bridgehead atoms. The van der Waals surface area contributed by atoms with Crippen LogP contribution in [0.1, 0.15) is 29.4 Å². The second-order valence-electron chi connectivity index (χ2n) is 5.31. The number of nitrogens with one attached hydrogen (secondary N) is 1. The Morgan fingerprint density at radius 1 is 1.48 bits per heavy atom. The average molecular weight is 301 g/mol. The van der Waals surface area contributed by atoms with Gasteiger partial charge in [-0.3, -0.25) is 9.78 Å². The highest BCUT2D eigenvalue weighted by atomic mass is 32.1. The maximum atomic E-state index is 11.9. The summed E-state index contributed by atoms with van der Waals surface area (Å²) in [5.74, 6) is 0.0692. The number of thiophene rings is 1. The lowest BCUT2D eigenvalue weighted by molar-refractivity contribution is -0.121. The van der Waals surface area contributed by atoms with Crippen LogP contribution in [0, 0.1) is 6.92 Å². The van der Waals surface area contributed by atoms with Gasteiger partial charge < -0.3 is 10.2 Å². The normalized spacial score (nSPS) is 14.9. The highest BCUT2D eigenvalue weighted by Crippen LogP contribution is 2.36. The molecule has 1 amide bonds. The molecule has 5 heteroatoms. The summed E-state index contributed by atoms with van der Waals surface area (Å²) in [6, 6.07) is 6.37. The third-order valence-corrected chi connectivity index (χ3v) is 4.65. The molecule has 0 radical (unpaired) electrons. The predicted octanol–water partition coefficient (Wildman–Crippen LogP) is 2.69. The predicted molar refractivity (Wildman–Crippen MR) is 85.8 cm³/mol. The van der Waals surface area contributed by atoms with Gasteiger partial charge in [-0.15, -0.1) is 0 Å². The number of nitrogens with zero attached hydrogens (tertiary/aromatic N) is 2. The Kier molecular flexibility index (Phi) is 3.92. The van der Waals surface area contributed by atoms with Gasteiger partial charge in [0.15, 0.2) is 0 Å². The van der Waals surface area contributed by atoms with E-state index < -0.39 is 0 Å². The van der Waals surface area contributed by atoms with E-state index in [-0.39, 0.29) is 11.9 Å². The van der Waals surface area contributed by atoms with E-state index in [2.05, 4.69) is 38.1 Å². The van der Waals surface area contributed by atoms with Gasteiger partial charge in [-0.05, 0) is 41.4 Å². The minimum absolute atomic E-state index is 0.0692. The molecule has 110 valence electrons. The van der Waals surface area contributed by atoms with Crippen LogP contribution in [0.3, 0.4) is 0 Å². The number of carbonyl (C=O) groups excluding carboxylic acids is 1. The first-order valence-corrected chi connectivity index (χ1v) is 8.09. The number of anilines is 1. The van der Waals surface area contributed by atoms with Gasteiger partial charge in [-0.1, -0.05) is 0 Å². The summed E-state index contributed by atoms with van der Waals surface area (Å²) in [4.78, 5) is 18.8. The molecule has 21 heavy (non-hydrogen) atoms. The first-order chi connectivity index (χ1) is 10.2. The fraction of sp³-hybridized carbons (Fsp3) is 0.375. The van der Waals surface area contributed by atoms with Crippen molar-refractivity contribution >= 4 is 22.9 Å². The molecular formula is C16H19N3OS. The van der Waals surface area contributed by atoms with Crippen molar-refractivity contribution < 1.29 is 4.79 Å². The molecule has 0 aliphatic carbocycles. The van der Waals surface area contributed by atoms with Gasteiger partial charge in [-0.2, -0.15) is 11.3 Å². The monoisotopic (exact) mass is 301 g/mol. The van der Waals surface area contributed by atoms with Crippen molar-refractivity contribution in [2.45, 2.75) is 25.8 Å².